The highest BCUT2D eigenvalue weighted by atomic mass is 35.5. The van der Waals surface area contributed by atoms with E-state index in [0.29, 0.717) is 0 Å². The largest absolute Gasteiger partial charge is 0.444 e. The lowest BCUT2D eigenvalue weighted by Crippen LogP contribution is -2.35. The molecule has 2 amide bonds. The fourth-order valence-electron chi connectivity index (χ4n) is 2.86. The minimum absolute atomic E-state index is 0.146. The molecule has 0 radical (unpaired) electrons. The van der Waals surface area contributed by atoms with Crippen LogP contribution in [0.3, 0.4) is 0 Å². The predicted molar refractivity (Wildman–Crippen MR) is 111 cm³/mol. The maximum Gasteiger partial charge on any atom is 0.407 e. The molecule has 0 saturated heterocycles. The van der Waals surface area contributed by atoms with E-state index in [1.54, 1.807) is 33.8 Å². The van der Waals surface area contributed by atoms with Crippen molar-refractivity contribution in [2.24, 2.45) is 0 Å². The second-order valence-corrected chi connectivity index (χ2v) is 8.03. The number of carbonyl (C=O) groups excluding carboxylic acids is 2. The van der Waals surface area contributed by atoms with E-state index >= 15 is 0 Å². The van der Waals surface area contributed by atoms with Gasteiger partial charge < -0.3 is 19.9 Å². The maximum atomic E-state index is 14.1. The number of carbonyl (C=O) groups is 2. The first-order valence-corrected chi connectivity index (χ1v) is 9.72. The van der Waals surface area contributed by atoms with Gasteiger partial charge in [0.2, 0.25) is 0 Å². The molecule has 30 heavy (non-hydrogen) atoms. The lowest BCUT2D eigenvalue weighted by atomic mass is 10.1. The van der Waals surface area contributed by atoms with Crippen molar-refractivity contribution in [2.75, 3.05) is 6.54 Å². The Bertz CT molecular complexity index is 955. The van der Waals surface area contributed by atoms with Gasteiger partial charge in [-0.15, -0.1) is 0 Å². The van der Waals surface area contributed by atoms with Crippen molar-refractivity contribution in [3.8, 4) is 6.07 Å². The van der Waals surface area contributed by atoms with Crippen LogP contribution in [-0.2, 0) is 11.3 Å². The lowest BCUT2D eigenvalue weighted by Gasteiger charge is -2.20. The number of nitrogens with zero attached hydrogens (tertiary/aromatic N) is 2. The van der Waals surface area contributed by atoms with E-state index in [1.807, 2.05) is 6.07 Å². The smallest absolute Gasteiger partial charge is 0.407 e. The molecule has 2 aromatic rings. The average Bonchev–Trinajstić information content (AvgIpc) is 3.03. The van der Waals surface area contributed by atoms with E-state index in [-0.39, 0.29) is 35.1 Å². The maximum absolute atomic E-state index is 14.1. The molecule has 1 unspecified atom stereocenters. The Balaban J connectivity index is 2.11. The topological polar surface area (TPSA) is 96.1 Å². The molecule has 0 aliphatic heterocycles. The number of ether oxygens (including phenoxy) is 1. The molecule has 1 aromatic carbocycles. The number of hydrogen-bond donors (Lipinski definition) is 2. The van der Waals surface area contributed by atoms with Crippen molar-refractivity contribution in [3.05, 3.63) is 58.1 Å². The highest BCUT2D eigenvalue weighted by Crippen LogP contribution is 2.26. The molecule has 0 bridgehead atoms. The number of nitriles is 1. The van der Waals surface area contributed by atoms with E-state index in [0.717, 1.165) is 0 Å². The number of rotatable bonds is 6. The Labute approximate surface area is 179 Å². The van der Waals surface area contributed by atoms with Gasteiger partial charge in [0.05, 0.1) is 6.04 Å². The van der Waals surface area contributed by atoms with Crippen molar-refractivity contribution >= 4 is 23.6 Å². The molecule has 7 nitrogen and oxygen atoms in total. The molecule has 0 aliphatic rings. The van der Waals surface area contributed by atoms with Gasteiger partial charge in [0, 0.05) is 23.7 Å². The normalized spacial score (nSPS) is 12.0. The van der Waals surface area contributed by atoms with Crippen LogP contribution in [0.25, 0.3) is 0 Å². The van der Waals surface area contributed by atoms with Gasteiger partial charge in [0.1, 0.15) is 28.9 Å². The first kappa shape index (κ1) is 23.2. The number of benzene rings is 1. The summed E-state index contributed by atoms with van der Waals surface area (Å²) in [5.41, 5.74) is 0.00197. The van der Waals surface area contributed by atoms with Crippen LogP contribution < -0.4 is 10.6 Å². The summed E-state index contributed by atoms with van der Waals surface area (Å²) in [4.78, 5) is 24.6. The standard InChI is InChI=1S/C21H24ClFN4O3/c1-13(18-15(22)6-5-7-16(18)23)26-19(28)17-9-8-14(12-24)27(17)11-10-25-20(29)30-21(2,3)4/h5-9,13H,10-11H2,1-4H3,(H,25,29)(H,26,28). The monoisotopic (exact) mass is 434 g/mol. The molecule has 1 heterocycles. The minimum atomic E-state index is -0.694. The SMILES string of the molecule is CC(NC(=O)c1ccc(C#N)n1CCNC(=O)OC(C)(C)C)c1c(F)cccc1Cl. The van der Waals surface area contributed by atoms with Crippen LogP contribution in [-0.4, -0.2) is 28.7 Å². The van der Waals surface area contributed by atoms with Gasteiger partial charge in [0.15, 0.2) is 0 Å². The Hall–Kier alpha value is -3.05. The number of amides is 2. The molecule has 2 rings (SSSR count). The predicted octanol–water partition coefficient (Wildman–Crippen LogP) is 4.17. The first-order valence-electron chi connectivity index (χ1n) is 9.34. The van der Waals surface area contributed by atoms with E-state index in [1.165, 1.54) is 28.8 Å². The summed E-state index contributed by atoms with van der Waals surface area (Å²) in [5.74, 6) is -1.02. The second kappa shape index (κ2) is 9.63. The Morgan fingerprint density at radius 2 is 2.00 bits per heavy atom. The van der Waals surface area contributed by atoms with Gasteiger partial charge >= 0.3 is 6.09 Å². The third-order valence-corrected chi connectivity index (χ3v) is 4.44. The number of hydrogen-bond acceptors (Lipinski definition) is 4. The Morgan fingerprint density at radius 3 is 2.60 bits per heavy atom. The summed E-state index contributed by atoms with van der Waals surface area (Å²) in [6.07, 6.45) is -0.595. The van der Waals surface area contributed by atoms with Crippen molar-refractivity contribution < 1.29 is 18.7 Å². The molecule has 160 valence electrons. The highest BCUT2D eigenvalue weighted by Gasteiger charge is 2.21. The second-order valence-electron chi connectivity index (χ2n) is 7.63. The molecular weight excluding hydrogens is 411 g/mol. The summed E-state index contributed by atoms with van der Waals surface area (Å²) >= 11 is 6.06. The molecule has 9 heteroatoms. The summed E-state index contributed by atoms with van der Waals surface area (Å²) in [6.45, 7) is 7.18. The van der Waals surface area contributed by atoms with E-state index in [4.69, 9.17) is 16.3 Å². The van der Waals surface area contributed by atoms with E-state index in [2.05, 4.69) is 10.6 Å². The fourth-order valence-corrected chi connectivity index (χ4v) is 3.18. The molecule has 1 aromatic heterocycles. The first-order chi connectivity index (χ1) is 14.0. The molecule has 0 fully saturated rings. The van der Waals surface area contributed by atoms with Gasteiger partial charge in [-0.1, -0.05) is 17.7 Å². The zero-order chi connectivity index (χ0) is 22.5. The van der Waals surface area contributed by atoms with Crippen LogP contribution in [0.2, 0.25) is 5.02 Å². The highest BCUT2D eigenvalue weighted by molar-refractivity contribution is 6.31. The summed E-state index contributed by atoms with van der Waals surface area (Å²) in [6, 6.07) is 8.61. The summed E-state index contributed by atoms with van der Waals surface area (Å²) < 4.78 is 20.8. The van der Waals surface area contributed by atoms with E-state index in [9.17, 15) is 19.2 Å². The molecule has 1 atom stereocenters. The number of aromatic nitrogens is 1. The molecule has 2 N–H and O–H groups in total. The fraction of sp³-hybridized carbons (Fsp3) is 0.381. The third kappa shape index (κ3) is 5.97. The lowest BCUT2D eigenvalue weighted by molar-refractivity contribution is 0.0526. The van der Waals surface area contributed by atoms with Gasteiger partial charge in [-0.05, 0) is 52.0 Å². The van der Waals surface area contributed by atoms with Crippen molar-refractivity contribution in [1.82, 2.24) is 15.2 Å². The van der Waals surface area contributed by atoms with Crippen molar-refractivity contribution in [1.29, 1.82) is 5.26 Å². The van der Waals surface area contributed by atoms with Crippen LogP contribution in [0.1, 0.15) is 55.5 Å². The molecule has 0 saturated carbocycles. The third-order valence-electron chi connectivity index (χ3n) is 4.11. The Morgan fingerprint density at radius 1 is 1.30 bits per heavy atom. The van der Waals surface area contributed by atoms with Gasteiger partial charge in [-0.3, -0.25) is 4.79 Å². The number of halogens is 2. The quantitative estimate of drug-likeness (QED) is 0.713. The van der Waals surface area contributed by atoms with Crippen LogP contribution >= 0.6 is 11.6 Å². The zero-order valence-electron chi connectivity index (χ0n) is 17.3. The molecule has 0 aliphatic carbocycles. The van der Waals surface area contributed by atoms with Crippen LogP contribution in [0.5, 0.6) is 0 Å². The summed E-state index contributed by atoms with van der Waals surface area (Å²) in [7, 11) is 0. The molecular formula is C21H24ClFN4O3. The zero-order valence-corrected chi connectivity index (χ0v) is 18.0. The Kier molecular flexibility index (Phi) is 7.46. The van der Waals surface area contributed by atoms with Crippen molar-refractivity contribution in [3.63, 3.8) is 0 Å². The van der Waals surface area contributed by atoms with E-state index < -0.39 is 29.5 Å². The van der Waals surface area contributed by atoms with Gasteiger partial charge in [-0.25, -0.2) is 9.18 Å². The van der Waals surface area contributed by atoms with Crippen molar-refractivity contribution in [2.45, 2.75) is 45.9 Å². The van der Waals surface area contributed by atoms with Gasteiger partial charge in [-0.2, -0.15) is 5.26 Å². The van der Waals surface area contributed by atoms with Gasteiger partial charge in [0.25, 0.3) is 5.91 Å². The molecule has 0 spiro atoms. The average molecular weight is 435 g/mol. The number of nitrogens with one attached hydrogen (secondary N) is 2. The van der Waals surface area contributed by atoms with Crippen LogP contribution in [0, 0.1) is 17.1 Å². The van der Waals surface area contributed by atoms with Crippen LogP contribution in [0.15, 0.2) is 30.3 Å². The minimum Gasteiger partial charge on any atom is -0.444 e. The van der Waals surface area contributed by atoms with Crippen LogP contribution in [0.4, 0.5) is 9.18 Å². The number of alkyl carbamates (subject to hydrolysis) is 1. The summed E-state index contributed by atoms with van der Waals surface area (Å²) in [5, 5.41) is 14.8.